The number of hydrogen-bond donors (Lipinski definition) is 0. The fourth-order valence-electron chi connectivity index (χ4n) is 7.92. The van der Waals surface area contributed by atoms with Gasteiger partial charge in [-0.3, -0.25) is 0 Å². The molecule has 2 heteroatoms. The molecule has 0 radical (unpaired) electrons. The summed E-state index contributed by atoms with van der Waals surface area (Å²) in [5.41, 5.74) is 15.8. The van der Waals surface area contributed by atoms with E-state index >= 15 is 0 Å². The topological polar surface area (TPSA) is 6.48 Å². The molecule has 7 aromatic carbocycles. The van der Waals surface area contributed by atoms with Crippen molar-refractivity contribution in [2.75, 3.05) is 22.9 Å². The van der Waals surface area contributed by atoms with Crippen molar-refractivity contribution >= 4 is 44.3 Å². The average molecular weight is 535 g/mol. The molecule has 0 saturated carbocycles. The van der Waals surface area contributed by atoms with Crippen LogP contribution in [0.3, 0.4) is 0 Å². The zero-order valence-corrected chi connectivity index (χ0v) is 23.0. The SMILES string of the molecule is c1ccc2c(c1)-c1cccc3c(N4CCN(c5ccc6c7c(cccc57)-c5ccccc5-6)c5ccccc54)ccc-2c13. The van der Waals surface area contributed by atoms with Gasteiger partial charge in [0, 0.05) is 35.2 Å². The van der Waals surface area contributed by atoms with Gasteiger partial charge in [-0.05, 0) is 79.5 Å². The van der Waals surface area contributed by atoms with E-state index in [9.17, 15) is 0 Å². The fraction of sp³-hybridized carbons (Fsp3) is 0.0500. The first-order valence-electron chi connectivity index (χ1n) is 14.8. The highest BCUT2D eigenvalue weighted by Crippen LogP contribution is 2.53. The molecule has 42 heavy (non-hydrogen) atoms. The Kier molecular flexibility index (Phi) is 4.32. The van der Waals surface area contributed by atoms with Crippen LogP contribution < -0.4 is 9.80 Å². The highest BCUT2D eigenvalue weighted by atomic mass is 15.3. The van der Waals surface area contributed by atoms with Crippen LogP contribution in [0.15, 0.2) is 133 Å². The minimum absolute atomic E-state index is 0.909. The molecule has 1 heterocycles. The van der Waals surface area contributed by atoms with Gasteiger partial charge in [0.25, 0.3) is 0 Å². The third-order valence-electron chi connectivity index (χ3n) is 9.64. The van der Waals surface area contributed by atoms with Crippen LogP contribution in [-0.4, -0.2) is 13.1 Å². The maximum absolute atomic E-state index is 2.54. The molecule has 0 atom stereocenters. The second-order valence-electron chi connectivity index (χ2n) is 11.6. The van der Waals surface area contributed by atoms with E-state index in [4.69, 9.17) is 0 Å². The Bertz CT molecular complexity index is 2060. The lowest BCUT2D eigenvalue weighted by Gasteiger charge is -2.40. The third-order valence-corrected chi connectivity index (χ3v) is 9.64. The molecule has 7 aromatic rings. The molecule has 0 bridgehead atoms. The quantitative estimate of drug-likeness (QED) is 0.218. The molecule has 0 fully saturated rings. The lowest BCUT2D eigenvalue weighted by atomic mass is 9.98. The maximum Gasteiger partial charge on any atom is 0.0652 e. The Morgan fingerprint density at radius 2 is 0.643 bits per heavy atom. The molecular weight excluding hydrogens is 508 g/mol. The Hall–Kier alpha value is -5.34. The van der Waals surface area contributed by atoms with Crippen LogP contribution in [0.25, 0.3) is 66.1 Å². The van der Waals surface area contributed by atoms with Crippen LogP contribution in [-0.2, 0) is 0 Å². The van der Waals surface area contributed by atoms with E-state index in [1.807, 2.05) is 0 Å². The van der Waals surface area contributed by atoms with Crippen molar-refractivity contribution < 1.29 is 0 Å². The maximum atomic E-state index is 2.54. The summed E-state index contributed by atoms with van der Waals surface area (Å²) in [6.45, 7) is 1.82. The van der Waals surface area contributed by atoms with Crippen molar-refractivity contribution in [3.8, 4) is 44.5 Å². The average Bonchev–Trinajstić information content (AvgIpc) is 3.56. The van der Waals surface area contributed by atoms with E-state index < -0.39 is 0 Å². The van der Waals surface area contributed by atoms with Gasteiger partial charge in [0.2, 0.25) is 0 Å². The second kappa shape index (κ2) is 8.11. The van der Waals surface area contributed by atoms with Crippen LogP contribution in [0, 0.1) is 0 Å². The molecule has 1 aliphatic heterocycles. The largest absolute Gasteiger partial charge is 0.337 e. The number of hydrogen-bond acceptors (Lipinski definition) is 2. The van der Waals surface area contributed by atoms with E-state index in [-0.39, 0.29) is 0 Å². The molecule has 0 amide bonds. The van der Waals surface area contributed by atoms with E-state index in [1.54, 1.807) is 0 Å². The molecule has 0 aromatic heterocycles. The Balaban J connectivity index is 1.14. The first kappa shape index (κ1) is 22.4. The normalized spacial score (nSPS) is 13.9. The number of para-hydroxylation sites is 2. The van der Waals surface area contributed by atoms with Gasteiger partial charge in [-0.25, -0.2) is 0 Å². The van der Waals surface area contributed by atoms with Crippen molar-refractivity contribution in [3.63, 3.8) is 0 Å². The van der Waals surface area contributed by atoms with E-state index in [1.165, 1.54) is 88.8 Å². The summed E-state index contributed by atoms with van der Waals surface area (Å²) in [7, 11) is 0. The third kappa shape index (κ3) is 2.79. The van der Waals surface area contributed by atoms with E-state index in [0.717, 1.165) is 13.1 Å². The summed E-state index contributed by atoms with van der Waals surface area (Å²) in [5.74, 6) is 0. The van der Waals surface area contributed by atoms with E-state index in [0.29, 0.717) is 0 Å². The summed E-state index contributed by atoms with van der Waals surface area (Å²) >= 11 is 0. The van der Waals surface area contributed by atoms with Gasteiger partial charge < -0.3 is 9.80 Å². The van der Waals surface area contributed by atoms with Crippen molar-refractivity contribution in [3.05, 3.63) is 133 Å². The van der Waals surface area contributed by atoms with Crippen molar-refractivity contribution in [1.82, 2.24) is 0 Å². The van der Waals surface area contributed by atoms with Crippen LogP contribution in [0.5, 0.6) is 0 Å². The molecule has 0 spiro atoms. The second-order valence-corrected chi connectivity index (χ2v) is 11.6. The number of benzene rings is 7. The highest BCUT2D eigenvalue weighted by molar-refractivity contribution is 6.20. The van der Waals surface area contributed by atoms with Crippen LogP contribution >= 0.6 is 0 Å². The van der Waals surface area contributed by atoms with Gasteiger partial charge in [0.15, 0.2) is 0 Å². The predicted octanol–water partition coefficient (Wildman–Crippen LogP) is 10.6. The molecule has 10 rings (SSSR count). The minimum atomic E-state index is 0.909. The van der Waals surface area contributed by atoms with Gasteiger partial charge >= 0.3 is 0 Å². The van der Waals surface area contributed by atoms with Crippen LogP contribution in [0.1, 0.15) is 0 Å². The molecule has 2 nitrogen and oxygen atoms in total. The summed E-state index contributed by atoms with van der Waals surface area (Å²) in [4.78, 5) is 5.07. The smallest absolute Gasteiger partial charge is 0.0652 e. The van der Waals surface area contributed by atoms with E-state index in [2.05, 4.69) is 143 Å². The van der Waals surface area contributed by atoms with Gasteiger partial charge in [-0.15, -0.1) is 0 Å². The number of fused-ring (bicyclic) bond motifs is 7. The molecule has 196 valence electrons. The van der Waals surface area contributed by atoms with Gasteiger partial charge in [0.1, 0.15) is 0 Å². The Labute approximate surface area is 244 Å². The fourth-order valence-corrected chi connectivity index (χ4v) is 7.92. The van der Waals surface area contributed by atoms with Crippen LogP contribution in [0.2, 0.25) is 0 Å². The lowest BCUT2D eigenvalue weighted by molar-refractivity contribution is 0.855. The first-order chi connectivity index (χ1) is 20.9. The minimum Gasteiger partial charge on any atom is -0.337 e. The lowest BCUT2D eigenvalue weighted by Crippen LogP contribution is -2.36. The standard InChI is InChI=1S/C40H26N2/c1-3-11-27-25(9-1)29-13-7-15-33-35(21-19-31(27)39(29)33)41-23-24-42(38-18-6-5-17-37(38)41)36-22-20-32-28-12-4-2-10-26(28)30-14-8-16-34(36)40(30)32/h1-22H,23-24H2. The monoisotopic (exact) mass is 534 g/mol. The van der Waals surface area contributed by atoms with Gasteiger partial charge in [-0.1, -0.05) is 109 Å². The summed E-state index contributed by atoms with van der Waals surface area (Å²) in [6.07, 6.45) is 0. The van der Waals surface area contributed by atoms with Crippen molar-refractivity contribution in [2.24, 2.45) is 0 Å². The summed E-state index contributed by atoms with van der Waals surface area (Å²) < 4.78 is 0. The van der Waals surface area contributed by atoms with Crippen LogP contribution in [0.4, 0.5) is 22.7 Å². The number of nitrogens with zero attached hydrogens (tertiary/aromatic N) is 2. The van der Waals surface area contributed by atoms with Gasteiger partial charge in [-0.2, -0.15) is 0 Å². The zero-order chi connectivity index (χ0) is 27.4. The molecule has 2 aliphatic carbocycles. The highest BCUT2D eigenvalue weighted by Gasteiger charge is 2.30. The van der Waals surface area contributed by atoms with Crippen molar-refractivity contribution in [1.29, 1.82) is 0 Å². The zero-order valence-electron chi connectivity index (χ0n) is 23.0. The summed E-state index contributed by atoms with van der Waals surface area (Å²) in [6, 6.07) is 49.5. The number of rotatable bonds is 2. The molecule has 3 aliphatic rings. The Morgan fingerprint density at radius 3 is 1.07 bits per heavy atom. The Morgan fingerprint density at radius 1 is 0.286 bits per heavy atom. The summed E-state index contributed by atoms with van der Waals surface area (Å²) in [5, 5.41) is 5.41. The molecule has 0 saturated heterocycles. The van der Waals surface area contributed by atoms with Crippen molar-refractivity contribution in [2.45, 2.75) is 0 Å². The molecular formula is C40H26N2. The molecule has 0 N–H and O–H groups in total. The number of anilines is 4. The first-order valence-corrected chi connectivity index (χ1v) is 14.8. The predicted molar refractivity (Wildman–Crippen MR) is 177 cm³/mol. The molecule has 0 unspecified atom stereocenters. The van der Waals surface area contributed by atoms with Gasteiger partial charge in [0.05, 0.1) is 11.4 Å².